The Morgan fingerprint density at radius 1 is 0.923 bits per heavy atom. The SMILES string of the molecule is [CH2]CCNc1cnc(C(=O)NC(c2ccc(OC)cc2)c2ccc(OC)cc2)c(Nc2cc(C)cc(C)n2)c1. The summed E-state index contributed by atoms with van der Waals surface area (Å²) >= 11 is 0. The topological polar surface area (TPSA) is 97.4 Å². The number of carbonyl (C=O) groups is 1. The number of pyridine rings is 2. The van der Waals surface area contributed by atoms with Crippen LogP contribution in [-0.4, -0.2) is 36.6 Å². The number of amides is 1. The number of ether oxygens (including phenoxy) is 2. The van der Waals surface area contributed by atoms with Gasteiger partial charge in [-0.3, -0.25) is 4.79 Å². The van der Waals surface area contributed by atoms with Crippen LogP contribution in [0, 0.1) is 20.8 Å². The van der Waals surface area contributed by atoms with Gasteiger partial charge in [0.15, 0.2) is 5.69 Å². The van der Waals surface area contributed by atoms with E-state index in [0.717, 1.165) is 46.0 Å². The molecule has 201 valence electrons. The number of aromatic nitrogens is 2. The molecular formula is C31H34N5O3. The van der Waals surface area contributed by atoms with Crippen molar-refractivity contribution in [1.29, 1.82) is 0 Å². The molecule has 39 heavy (non-hydrogen) atoms. The van der Waals surface area contributed by atoms with Crippen LogP contribution in [0.4, 0.5) is 17.2 Å². The molecule has 0 saturated carbocycles. The maximum atomic E-state index is 13.8. The maximum Gasteiger partial charge on any atom is 0.272 e. The molecular weight excluding hydrogens is 490 g/mol. The van der Waals surface area contributed by atoms with Gasteiger partial charge in [0.25, 0.3) is 5.91 Å². The molecule has 0 saturated heterocycles. The molecule has 4 aromatic rings. The van der Waals surface area contributed by atoms with Crippen molar-refractivity contribution in [3.05, 3.63) is 108 Å². The van der Waals surface area contributed by atoms with E-state index in [1.165, 1.54) is 0 Å². The van der Waals surface area contributed by atoms with Gasteiger partial charge in [-0.15, -0.1) is 0 Å². The number of methoxy groups -OCH3 is 2. The Kier molecular flexibility index (Phi) is 8.99. The third kappa shape index (κ3) is 7.04. The van der Waals surface area contributed by atoms with Crippen LogP contribution in [0.15, 0.2) is 72.9 Å². The van der Waals surface area contributed by atoms with Crippen LogP contribution in [-0.2, 0) is 0 Å². The Bertz CT molecular complexity index is 1340. The molecule has 0 aliphatic heterocycles. The van der Waals surface area contributed by atoms with Crippen molar-refractivity contribution in [3.63, 3.8) is 0 Å². The Balaban J connectivity index is 1.70. The highest BCUT2D eigenvalue weighted by atomic mass is 16.5. The van der Waals surface area contributed by atoms with E-state index in [9.17, 15) is 4.79 Å². The van der Waals surface area contributed by atoms with Crippen molar-refractivity contribution < 1.29 is 14.3 Å². The number of benzene rings is 2. The first-order valence-corrected chi connectivity index (χ1v) is 12.7. The molecule has 2 aromatic heterocycles. The Morgan fingerprint density at radius 3 is 2.08 bits per heavy atom. The van der Waals surface area contributed by atoms with E-state index in [-0.39, 0.29) is 11.6 Å². The highest BCUT2D eigenvalue weighted by Gasteiger charge is 2.22. The lowest BCUT2D eigenvalue weighted by molar-refractivity contribution is 0.0939. The highest BCUT2D eigenvalue weighted by molar-refractivity contribution is 5.99. The number of rotatable bonds is 11. The Labute approximate surface area is 229 Å². The van der Waals surface area contributed by atoms with Crippen molar-refractivity contribution in [2.75, 3.05) is 31.4 Å². The summed E-state index contributed by atoms with van der Waals surface area (Å²) in [5.74, 6) is 1.78. The minimum atomic E-state index is -0.438. The minimum absolute atomic E-state index is 0.253. The molecule has 0 unspecified atom stereocenters. The summed E-state index contributed by atoms with van der Waals surface area (Å²) in [6.07, 6.45) is 2.37. The van der Waals surface area contributed by atoms with E-state index in [0.29, 0.717) is 18.1 Å². The zero-order valence-electron chi connectivity index (χ0n) is 22.7. The molecule has 0 atom stereocenters. The summed E-state index contributed by atoms with van der Waals surface area (Å²) in [7, 11) is 3.25. The van der Waals surface area contributed by atoms with Crippen LogP contribution in [0.5, 0.6) is 11.5 Å². The van der Waals surface area contributed by atoms with Crippen LogP contribution >= 0.6 is 0 Å². The van der Waals surface area contributed by atoms with E-state index < -0.39 is 6.04 Å². The molecule has 0 aliphatic carbocycles. The van der Waals surface area contributed by atoms with E-state index in [1.807, 2.05) is 80.6 Å². The largest absolute Gasteiger partial charge is 0.497 e. The standard InChI is InChI=1S/C31H34N5O3/c1-6-15-32-24-18-27(35-28-17-20(2)16-21(3)34-28)30(33-19-24)31(37)36-29(22-7-11-25(38-4)12-8-22)23-9-13-26(39-5)14-10-23/h7-14,16-19,29,32H,1,6,15H2,2-5H3,(H,34,35)(H,36,37). The number of carbonyl (C=O) groups excluding carboxylic acids is 1. The van der Waals surface area contributed by atoms with Gasteiger partial charge in [0.05, 0.1) is 37.8 Å². The van der Waals surface area contributed by atoms with Gasteiger partial charge in [-0.1, -0.05) is 31.2 Å². The lowest BCUT2D eigenvalue weighted by atomic mass is 9.98. The van der Waals surface area contributed by atoms with Gasteiger partial charge < -0.3 is 25.4 Å². The van der Waals surface area contributed by atoms with Crippen molar-refractivity contribution in [2.45, 2.75) is 26.3 Å². The van der Waals surface area contributed by atoms with E-state index in [4.69, 9.17) is 9.47 Å². The van der Waals surface area contributed by atoms with Crippen molar-refractivity contribution >= 4 is 23.1 Å². The van der Waals surface area contributed by atoms with Crippen LogP contribution in [0.25, 0.3) is 0 Å². The first kappa shape index (κ1) is 27.4. The smallest absolute Gasteiger partial charge is 0.272 e. The zero-order valence-corrected chi connectivity index (χ0v) is 22.7. The lowest BCUT2D eigenvalue weighted by Gasteiger charge is -2.21. The second-order valence-corrected chi connectivity index (χ2v) is 9.15. The number of nitrogens with one attached hydrogen (secondary N) is 3. The van der Waals surface area contributed by atoms with E-state index in [2.05, 4.69) is 32.8 Å². The highest BCUT2D eigenvalue weighted by Crippen LogP contribution is 2.28. The Hall–Kier alpha value is -4.59. The number of nitrogens with zero attached hydrogens (tertiary/aromatic N) is 2. The summed E-state index contributed by atoms with van der Waals surface area (Å²) in [5.41, 5.74) is 5.31. The lowest BCUT2D eigenvalue weighted by Crippen LogP contribution is -2.30. The average molecular weight is 525 g/mol. The summed E-state index contributed by atoms with van der Waals surface area (Å²) in [6, 6.07) is 20.6. The van der Waals surface area contributed by atoms with Crippen LogP contribution in [0.3, 0.4) is 0 Å². The number of hydrogen-bond donors (Lipinski definition) is 3. The zero-order chi connectivity index (χ0) is 27.8. The molecule has 4 rings (SSSR count). The van der Waals surface area contributed by atoms with Gasteiger partial charge in [0, 0.05) is 12.2 Å². The Morgan fingerprint density at radius 2 is 1.54 bits per heavy atom. The van der Waals surface area contributed by atoms with Crippen LogP contribution in [0.2, 0.25) is 0 Å². The normalized spacial score (nSPS) is 10.7. The molecule has 2 heterocycles. The minimum Gasteiger partial charge on any atom is -0.497 e. The molecule has 2 aromatic carbocycles. The molecule has 8 nitrogen and oxygen atoms in total. The van der Waals surface area contributed by atoms with E-state index in [1.54, 1.807) is 20.4 Å². The quantitative estimate of drug-likeness (QED) is 0.221. The summed E-state index contributed by atoms with van der Waals surface area (Å²) in [5, 5.41) is 9.77. The molecule has 1 amide bonds. The molecule has 0 bridgehead atoms. The summed E-state index contributed by atoms with van der Waals surface area (Å²) in [6.45, 7) is 8.51. The first-order valence-electron chi connectivity index (χ1n) is 12.7. The molecule has 0 fully saturated rings. The number of hydrogen-bond acceptors (Lipinski definition) is 7. The monoisotopic (exact) mass is 524 g/mol. The van der Waals surface area contributed by atoms with Crippen molar-refractivity contribution in [2.24, 2.45) is 0 Å². The van der Waals surface area contributed by atoms with Gasteiger partial charge in [-0.25, -0.2) is 9.97 Å². The number of aryl methyl sites for hydroxylation is 2. The van der Waals surface area contributed by atoms with Gasteiger partial charge >= 0.3 is 0 Å². The van der Waals surface area contributed by atoms with Gasteiger partial charge in [-0.2, -0.15) is 0 Å². The van der Waals surface area contributed by atoms with Crippen LogP contribution in [0.1, 0.15) is 45.3 Å². The number of anilines is 3. The third-order valence-corrected chi connectivity index (χ3v) is 6.14. The first-order chi connectivity index (χ1) is 18.9. The molecule has 0 spiro atoms. The fourth-order valence-corrected chi connectivity index (χ4v) is 4.27. The predicted molar refractivity (Wildman–Crippen MR) is 155 cm³/mol. The van der Waals surface area contributed by atoms with Gasteiger partial charge in [0.2, 0.25) is 0 Å². The third-order valence-electron chi connectivity index (χ3n) is 6.14. The second-order valence-electron chi connectivity index (χ2n) is 9.15. The molecule has 1 radical (unpaired) electrons. The molecule has 0 aliphatic rings. The predicted octanol–water partition coefficient (Wildman–Crippen LogP) is 6.01. The fraction of sp³-hybridized carbons (Fsp3) is 0.226. The second kappa shape index (κ2) is 12.8. The summed E-state index contributed by atoms with van der Waals surface area (Å²) < 4.78 is 10.7. The van der Waals surface area contributed by atoms with Crippen molar-refractivity contribution in [1.82, 2.24) is 15.3 Å². The summed E-state index contributed by atoms with van der Waals surface area (Å²) in [4.78, 5) is 22.9. The van der Waals surface area contributed by atoms with Gasteiger partial charge in [-0.05, 0) is 79.4 Å². The molecule has 8 heteroatoms. The van der Waals surface area contributed by atoms with Gasteiger partial charge in [0.1, 0.15) is 17.3 Å². The average Bonchev–Trinajstić information content (AvgIpc) is 2.94. The van der Waals surface area contributed by atoms with E-state index >= 15 is 0 Å². The maximum absolute atomic E-state index is 13.8. The van der Waals surface area contributed by atoms with Crippen molar-refractivity contribution in [3.8, 4) is 11.5 Å². The van der Waals surface area contributed by atoms with Crippen LogP contribution < -0.4 is 25.4 Å². The fourth-order valence-electron chi connectivity index (χ4n) is 4.27. The molecule has 3 N–H and O–H groups in total.